The van der Waals surface area contributed by atoms with Gasteiger partial charge >= 0.3 is 0 Å². The van der Waals surface area contributed by atoms with E-state index >= 15 is 0 Å². The number of aliphatic imine (C=N–C) groups is 1. The Morgan fingerprint density at radius 1 is 0.583 bits per heavy atom. The summed E-state index contributed by atoms with van der Waals surface area (Å²) in [5.74, 6) is 0. The third-order valence-electron chi connectivity index (χ3n) is 6.60. The Labute approximate surface area is 210 Å². The van der Waals surface area contributed by atoms with Gasteiger partial charge in [-0.3, -0.25) is 15.0 Å². The Bertz CT molecular complexity index is 1670. The van der Waals surface area contributed by atoms with Crippen molar-refractivity contribution in [2.45, 2.75) is 13.8 Å². The summed E-state index contributed by atoms with van der Waals surface area (Å²) >= 11 is 0. The number of pyridine rings is 2. The zero-order valence-corrected chi connectivity index (χ0v) is 20.3. The predicted octanol–water partition coefficient (Wildman–Crippen LogP) is 8.57. The van der Waals surface area contributed by atoms with Gasteiger partial charge in [-0.25, -0.2) is 0 Å². The standard InChI is InChI=1S/C33H25N3/c1-22-9-3-6-12-31(22)36-23(2)26-17-27(29-15-24-10-4-7-13-32(24)34-20-29)19-28(18-26)30-16-25-11-5-8-14-33(25)35-21-30/h3-21H,1-2H3. The minimum Gasteiger partial charge on any atom is -0.256 e. The monoisotopic (exact) mass is 463 g/mol. The molecule has 3 heteroatoms. The maximum Gasteiger partial charge on any atom is 0.0702 e. The van der Waals surface area contributed by atoms with E-state index in [-0.39, 0.29) is 0 Å². The van der Waals surface area contributed by atoms with Crippen molar-refractivity contribution < 1.29 is 0 Å². The smallest absolute Gasteiger partial charge is 0.0702 e. The number of rotatable bonds is 4. The van der Waals surface area contributed by atoms with Crippen molar-refractivity contribution in [1.29, 1.82) is 0 Å². The fraction of sp³-hybridized carbons (Fsp3) is 0.0606. The van der Waals surface area contributed by atoms with Crippen LogP contribution < -0.4 is 0 Å². The zero-order chi connectivity index (χ0) is 24.5. The van der Waals surface area contributed by atoms with Crippen LogP contribution in [0.2, 0.25) is 0 Å². The van der Waals surface area contributed by atoms with Crippen LogP contribution in [-0.4, -0.2) is 15.7 Å². The molecular weight excluding hydrogens is 438 g/mol. The molecule has 0 radical (unpaired) electrons. The molecule has 0 amide bonds. The summed E-state index contributed by atoms with van der Waals surface area (Å²) in [7, 11) is 0. The second-order valence-corrected chi connectivity index (χ2v) is 9.12. The van der Waals surface area contributed by atoms with Crippen LogP contribution in [0.1, 0.15) is 18.1 Å². The molecule has 0 atom stereocenters. The van der Waals surface area contributed by atoms with Crippen molar-refractivity contribution in [2.75, 3.05) is 0 Å². The molecule has 36 heavy (non-hydrogen) atoms. The first-order valence-corrected chi connectivity index (χ1v) is 12.1. The molecule has 6 aromatic rings. The molecule has 2 aromatic heterocycles. The lowest BCUT2D eigenvalue weighted by Gasteiger charge is -2.12. The van der Waals surface area contributed by atoms with E-state index in [1.165, 1.54) is 0 Å². The highest BCUT2D eigenvalue weighted by atomic mass is 14.7. The van der Waals surface area contributed by atoms with Gasteiger partial charge in [0.05, 0.1) is 16.7 Å². The summed E-state index contributed by atoms with van der Waals surface area (Å²) in [4.78, 5) is 14.4. The lowest BCUT2D eigenvalue weighted by molar-refractivity contribution is 1.38. The maximum atomic E-state index is 4.98. The first kappa shape index (κ1) is 21.9. The van der Waals surface area contributed by atoms with E-state index < -0.39 is 0 Å². The first-order valence-electron chi connectivity index (χ1n) is 12.1. The Morgan fingerprint density at radius 2 is 1.11 bits per heavy atom. The molecule has 0 bridgehead atoms. The number of hydrogen-bond donors (Lipinski definition) is 0. The highest BCUT2D eigenvalue weighted by Gasteiger charge is 2.10. The van der Waals surface area contributed by atoms with E-state index in [9.17, 15) is 0 Å². The molecule has 0 aliphatic rings. The van der Waals surface area contributed by atoms with Crippen molar-refractivity contribution in [2.24, 2.45) is 4.99 Å². The van der Waals surface area contributed by atoms with E-state index in [4.69, 9.17) is 15.0 Å². The Morgan fingerprint density at radius 3 is 1.69 bits per heavy atom. The van der Waals surface area contributed by atoms with Gasteiger partial charge in [0.15, 0.2) is 0 Å². The van der Waals surface area contributed by atoms with Crippen molar-refractivity contribution >= 4 is 33.2 Å². The van der Waals surface area contributed by atoms with E-state index in [1.807, 2.05) is 48.8 Å². The molecule has 3 nitrogen and oxygen atoms in total. The summed E-state index contributed by atoms with van der Waals surface area (Å²) in [5, 5.41) is 2.25. The van der Waals surface area contributed by atoms with Gasteiger partial charge in [-0.05, 0) is 84.6 Å². The molecule has 0 saturated heterocycles. The molecule has 172 valence electrons. The van der Waals surface area contributed by atoms with Crippen LogP contribution >= 0.6 is 0 Å². The topological polar surface area (TPSA) is 38.1 Å². The van der Waals surface area contributed by atoms with Crippen LogP contribution in [0.5, 0.6) is 0 Å². The summed E-state index contributed by atoms with van der Waals surface area (Å²) in [6.07, 6.45) is 3.91. The number of fused-ring (bicyclic) bond motifs is 2. The van der Waals surface area contributed by atoms with Crippen molar-refractivity contribution in [3.05, 3.63) is 127 Å². The van der Waals surface area contributed by atoms with Crippen LogP contribution in [0.15, 0.2) is 121 Å². The van der Waals surface area contributed by atoms with E-state index in [0.29, 0.717) is 0 Å². The molecule has 0 unspecified atom stereocenters. The second-order valence-electron chi connectivity index (χ2n) is 9.12. The highest BCUT2D eigenvalue weighted by molar-refractivity contribution is 6.03. The largest absolute Gasteiger partial charge is 0.256 e. The van der Waals surface area contributed by atoms with Crippen molar-refractivity contribution in [3.8, 4) is 22.3 Å². The van der Waals surface area contributed by atoms with Crippen LogP contribution in [0, 0.1) is 6.92 Å². The average molecular weight is 464 g/mol. The summed E-state index contributed by atoms with van der Waals surface area (Å²) < 4.78 is 0. The minimum atomic E-state index is 0.967. The second kappa shape index (κ2) is 9.20. The fourth-order valence-corrected chi connectivity index (χ4v) is 4.56. The number of nitrogens with zero attached hydrogens (tertiary/aromatic N) is 3. The summed E-state index contributed by atoms with van der Waals surface area (Å²) in [5.41, 5.74) is 10.5. The maximum absolute atomic E-state index is 4.98. The van der Waals surface area contributed by atoms with E-state index in [0.717, 1.165) is 66.6 Å². The molecule has 2 heterocycles. The molecule has 6 rings (SSSR count). The average Bonchev–Trinajstić information content (AvgIpc) is 2.93. The zero-order valence-electron chi connectivity index (χ0n) is 20.3. The molecule has 0 aliphatic carbocycles. The van der Waals surface area contributed by atoms with Gasteiger partial charge in [0.1, 0.15) is 0 Å². The van der Waals surface area contributed by atoms with Gasteiger partial charge in [0.25, 0.3) is 0 Å². The molecule has 0 fully saturated rings. The lowest BCUT2D eigenvalue weighted by Crippen LogP contribution is -1.97. The van der Waals surface area contributed by atoms with Crippen LogP contribution in [0.4, 0.5) is 5.69 Å². The van der Waals surface area contributed by atoms with Gasteiger partial charge < -0.3 is 0 Å². The van der Waals surface area contributed by atoms with Crippen LogP contribution in [0.25, 0.3) is 44.1 Å². The van der Waals surface area contributed by atoms with Crippen LogP contribution in [0.3, 0.4) is 0 Å². The molecule has 0 N–H and O–H groups in total. The van der Waals surface area contributed by atoms with Crippen LogP contribution in [-0.2, 0) is 0 Å². The minimum absolute atomic E-state index is 0.967. The quantitative estimate of drug-likeness (QED) is 0.246. The molecular formula is C33H25N3. The number of benzene rings is 4. The Kier molecular flexibility index (Phi) is 5.59. The van der Waals surface area contributed by atoms with E-state index in [2.05, 4.69) is 80.6 Å². The van der Waals surface area contributed by atoms with E-state index in [1.54, 1.807) is 0 Å². The Hall–Kier alpha value is -4.63. The molecule has 0 spiro atoms. The summed E-state index contributed by atoms with van der Waals surface area (Å²) in [6.45, 7) is 4.17. The third kappa shape index (κ3) is 4.27. The Balaban J connectivity index is 1.53. The number of aryl methyl sites for hydroxylation is 1. The number of aromatic nitrogens is 2. The normalized spacial score (nSPS) is 11.8. The predicted molar refractivity (Wildman–Crippen MR) is 151 cm³/mol. The third-order valence-corrected chi connectivity index (χ3v) is 6.60. The number of hydrogen-bond acceptors (Lipinski definition) is 3. The van der Waals surface area contributed by atoms with Gasteiger partial charge in [-0.1, -0.05) is 54.6 Å². The SMILES string of the molecule is CC(=Nc1ccccc1C)c1cc(-c2cnc3ccccc3c2)cc(-c2cnc3ccccc3c2)c1. The van der Waals surface area contributed by atoms with Gasteiger partial charge in [0.2, 0.25) is 0 Å². The van der Waals surface area contributed by atoms with Gasteiger partial charge in [-0.15, -0.1) is 0 Å². The first-order chi connectivity index (χ1) is 17.6. The van der Waals surface area contributed by atoms with Crippen molar-refractivity contribution in [3.63, 3.8) is 0 Å². The van der Waals surface area contributed by atoms with Gasteiger partial charge in [0, 0.05) is 40.0 Å². The van der Waals surface area contributed by atoms with Gasteiger partial charge in [-0.2, -0.15) is 0 Å². The lowest BCUT2D eigenvalue weighted by atomic mass is 9.95. The molecule has 0 aliphatic heterocycles. The summed E-state index contributed by atoms with van der Waals surface area (Å²) in [6, 6.07) is 35.7. The number of para-hydroxylation sites is 3. The highest BCUT2D eigenvalue weighted by Crippen LogP contribution is 2.31. The van der Waals surface area contributed by atoms with Crippen molar-refractivity contribution in [1.82, 2.24) is 9.97 Å². The fourth-order valence-electron chi connectivity index (χ4n) is 4.56. The molecule has 0 saturated carbocycles. The molecule has 4 aromatic carbocycles.